The van der Waals surface area contributed by atoms with E-state index in [1.54, 1.807) is 6.08 Å². The Labute approximate surface area is 334 Å². The molecular formula is C45H66O11. The summed E-state index contributed by atoms with van der Waals surface area (Å²) < 4.78 is 21.5. The number of unbranched alkanes of at least 4 members (excludes halogenated alkanes) is 2. The zero-order chi connectivity index (χ0) is 41.1. The number of hydrogen-bond acceptors (Lipinski definition) is 10. The minimum atomic E-state index is -1.88. The molecule has 0 aliphatic carbocycles. The molecule has 0 bridgehead atoms. The summed E-state index contributed by atoms with van der Waals surface area (Å²) in [5.74, 6) is -2.68. The number of aliphatic hydroxyl groups excluding tert-OH is 3. The number of ether oxygens (including phenoxy) is 4. The number of aliphatic hydroxyl groups is 3. The summed E-state index contributed by atoms with van der Waals surface area (Å²) in [6.45, 7) is 3.42. The van der Waals surface area contributed by atoms with Crippen LogP contribution in [0.25, 0.3) is 0 Å². The van der Waals surface area contributed by atoms with Crippen LogP contribution in [0.1, 0.15) is 104 Å². The highest BCUT2D eigenvalue weighted by molar-refractivity contribution is 5.73. The minimum absolute atomic E-state index is 0.0127. The van der Waals surface area contributed by atoms with Gasteiger partial charge in [0, 0.05) is 6.42 Å². The molecule has 0 aromatic carbocycles. The van der Waals surface area contributed by atoms with Gasteiger partial charge < -0.3 is 39.4 Å². The van der Waals surface area contributed by atoms with Gasteiger partial charge in [-0.3, -0.25) is 9.59 Å². The van der Waals surface area contributed by atoms with Crippen LogP contribution in [0.2, 0.25) is 0 Å². The zero-order valence-electron chi connectivity index (χ0n) is 33.3. The van der Waals surface area contributed by atoms with E-state index in [2.05, 4.69) is 98.9 Å². The molecule has 0 amide bonds. The quantitative estimate of drug-likeness (QED) is 0.0318. The molecule has 1 aliphatic heterocycles. The maximum Gasteiger partial charge on any atom is 0.335 e. The molecule has 0 aromatic rings. The Morgan fingerprint density at radius 3 is 1.52 bits per heavy atom. The molecule has 1 aliphatic rings. The van der Waals surface area contributed by atoms with Crippen LogP contribution in [-0.2, 0) is 33.3 Å². The van der Waals surface area contributed by atoms with E-state index in [0.717, 1.165) is 64.2 Å². The second kappa shape index (κ2) is 34.1. The van der Waals surface area contributed by atoms with Crippen LogP contribution in [0.15, 0.2) is 109 Å². The number of carbonyl (C=O) groups is 3. The normalized spacial score (nSPS) is 21.5. The van der Waals surface area contributed by atoms with Gasteiger partial charge in [0.05, 0.1) is 13.0 Å². The minimum Gasteiger partial charge on any atom is -0.479 e. The first kappa shape index (κ1) is 49.9. The number of carboxylic acids is 1. The molecule has 6 atom stereocenters. The third-order valence-corrected chi connectivity index (χ3v) is 8.15. The van der Waals surface area contributed by atoms with Crippen molar-refractivity contribution in [3.8, 4) is 0 Å². The lowest BCUT2D eigenvalue weighted by Crippen LogP contribution is -2.60. The van der Waals surface area contributed by atoms with E-state index in [1.165, 1.54) is 0 Å². The Bertz CT molecular complexity index is 1340. The van der Waals surface area contributed by atoms with Gasteiger partial charge >= 0.3 is 17.9 Å². The molecule has 11 nitrogen and oxygen atoms in total. The third-order valence-electron chi connectivity index (χ3n) is 8.15. The molecule has 1 heterocycles. The van der Waals surface area contributed by atoms with Crippen LogP contribution in [0.3, 0.4) is 0 Å². The molecule has 0 spiro atoms. The fourth-order valence-electron chi connectivity index (χ4n) is 5.06. The molecule has 56 heavy (non-hydrogen) atoms. The Balaban J connectivity index is 2.54. The Kier molecular flexibility index (Phi) is 30.4. The van der Waals surface area contributed by atoms with Crippen LogP contribution in [0.4, 0.5) is 0 Å². The lowest BCUT2D eigenvalue weighted by atomic mass is 9.99. The summed E-state index contributed by atoms with van der Waals surface area (Å²) in [4.78, 5) is 36.6. The van der Waals surface area contributed by atoms with Crippen molar-refractivity contribution in [3.63, 3.8) is 0 Å². The van der Waals surface area contributed by atoms with Gasteiger partial charge in [-0.1, -0.05) is 123 Å². The van der Waals surface area contributed by atoms with Crippen molar-refractivity contribution in [3.05, 3.63) is 109 Å². The summed E-state index contributed by atoms with van der Waals surface area (Å²) in [5, 5.41) is 39.7. The standard InChI is InChI=1S/C45H66O11/c1-3-5-7-9-11-13-15-17-19-21-23-25-27-29-31-33-38(46)53-35-37(36-54-45-42(50)40(48)41(49)43(56-45)44(51)52)55-39(47)34-32-30-28-26-24-22-20-18-16-14-12-10-8-6-4-2/h5-8,11-14,17-20,23-26,29,31,37,40-43,45,48-50H,3-4,9-10,15-16,21-22,27-28,30,32-36H2,1-2H3,(H,51,52)/b7-5-,8-6-,13-11-,14-12-,19-17-,20-18-,25-23-,26-24-,31-29-. The van der Waals surface area contributed by atoms with Crippen LogP contribution < -0.4 is 0 Å². The number of rotatable bonds is 30. The molecule has 11 heteroatoms. The molecule has 0 saturated carbocycles. The molecule has 1 fully saturated rings. The van der Waals surface area contributed by atoms with E-state index < -0.39 is 61.3 Å². The van der Waals surface area contributed by atoms with Gasteiger partial charge in [-0.2, -0.15) is 0 Å². The van der Waals surface area contributed by atoms with E-state index in [-0.39, 0.29) is 19.4 Å². The number of carboxylic acid groups (broad SMARTS) is 1. The van der Waals surface area contributed by atoms with Gasteiger partial charge in [0.1, 0.15) is 24.9 Å². The predicted molar refractivity (Wildman–Crippen MR) is 219 cm³/mol. The van der Waals surface area contributed by atoms with E-state index in [9.17, 15) is 34.8 Å². The Hall–Kier alpha value is -4.13. The number of hydrogen-bond donors (Lipinski definition) is 4. The summed E-state index contributed by atoms with van der Waals surface area (Å²) >= 11 is 0. The zero-order valence-corrected chi connectivity index (χ0v) is 33.3. The first-order valence-corrected chi connectivity index (χ1v) is 19.9. The van der Waals surface area contributed by atoms with Gasteiger partial charge in [0.25, 0.3) is 0 Å². The monoisotopic (exact) mass is 782 g/mol. The first-order valence-electron chi connectivity index (χ1n) is 19.9. The molecule has 0 radical (unpaired) electrons. The van der Waals surface area contributed by atoms with Crippen molar-refractivity contribution in [1.29, 1.82) is 0 Å². The number of esters is 2. The van der Waals surface area contributed by atoms with Gasteiger partial charge in [0.2, 0.25) is 0 Å². The van der Waals surface area contributed by atoms with Crippen LogP contribution in [0, 0.1) is 0 Å². The highest BCUT2D eigenvalue weighted by Gasteiger charge is 2.47. The average molecular weight is 783 g/mol. The highest BCUT2D eigenvalue weighted by Crippen LogP contribution is 2.23. The van der Waals surface area contributed by atoms with Crippen molar-refractivity contribution in [2.24, 2.45) is 0 Å². The van der Waals surface area contributed by atoms with Gasteiger partial charge in [0.15, 0.2) is 18.5 Å². The lowest BCUT2D eigenvalue weighted by molar-refractivity contribution is -0.298. The van der Waals surface area contributed by atoms with Crippen LogP contribution in [0.5, 0.6) is 0 Å². The number of carbonyl (C=O) groups excluding carboxylic acids is 2. The molecule has 1 rings (SSSR count). The van der Waals surface area contributed by atoms with E-state index >= 15 is 0 Å². The molecule has 1 saturated heterocycles. The number of aliphatic carboxylic acids is 1. The van der Waals surface area contributed by atoms with Gasteiger partial charge in [-0.15, -0.1) is 0 Å². The third kappa shape index (κ3) is 25.9. The van der Waals surface area contributed by atoms with Gasteiger partial charge in [-0.05, 0) is 77.0 Å². The Morgan fingerprint density at radius 2 is 1.04 bits per heavy atom. The SMILES string of the molecule is CC/C=C\C/C=C\C/C=C\C/C=C\C/C=C\CC(=O)OCC(COC1OC(C(=O)O)C(O)C(O)C1O)OC(=O)CCCC/C=C\C/C=C\C/C=C\C/C=C\CC. The molecule has 4 N–H and O–H groups in total. The van der Waals surface area contributed by atoms with E-state index in [1.807, 2.05) is 18.2 Å². The van der Waals surface area contributed by atoms with E-state index in [4.69, 9.17) is 18.9 Å². The molecule has 6 unspecified atom stereocenters. The molecule has 0 aromatic heterocycles. The predicted octanol–water partition coefficient (Wildman–Crippen LogP) is 7.86. The topological polar surface area (TPSA) is 169 Å². The summed E-state index contributed by atoms with van der Waals surface area (Å²) in [5.41, 5.74) is 0. The summed E-state index contributed by atoms with van der Waals surface area (Å²) in [6, 6.07) is 0. The van der Waals surface area contributed by atoms with Crippen molar-refractivity contribution >= 4 is 17.9 Å². The molecular weight excluding hydrogens is 716 g/mol. The van der Waals surface area contributed by atoms with Crippen molar-refractivity contribution < 1.29 is 53.8 Å². The van der Waals surface area contributed by atoms with E-state index in [0.29, 0.717) is 12.8 Å². The highest BCUT2D eigenvalue weighted by atomic mass is 16.7. The van der Waals surface area contributed by atoms with Crippen molar-refractivity contribution in [2.75, 3.05) is 13.2 Å². The second-order valence-corrected chi connectivity index (χ2v) is 13.0. The van der Waals surface area contributed by atoms with Gasteiger partial charge in [-0.25, -0.2) is 4.79 Å². The summed E-state index contributed by atoms with van der Waals surface area (Å²) in [7, 11) is 0. The van der Waals surface area contributed by atoms with Crippen LogP contribution >= 0.6 is 0 Å². The lowest BCUT2D eigenvalue weighted by Gasteiger charge is -2.38. The average Bonchev–Trinajstić information content (AvgIpc) is 3.18. The molecule has 312 valence electrons. The fourth-order valence-corrected chi connectivity index (χ4v) is 5.06. The second-order valence-electron chi connectivity index (χ2n) is 13.0. The maximum absolute atomic E-state index is 12.7. The first-order chi connectivity index (χ1) is 27.2. The van der Waals surface area contributed by atoms with Crippen molar-refractivity contribution in [1.82, 2.24) is 0 Å². The van der Waals surface area contributed by atoms with Crippen LogP contribution in [-0.4, -0.2) is 88.4 Å². The fraction of sp³-hybridized carbons (Fsp3) is 0.533. The van der Waals surface area contributed by atoms with Crippen molar-refractivity contribution in [2.45, 2.75) is 141 Å². The largest absolute Gasteiger partial charge is 0.479 e. The maximum atomic E-state index is 12.7. The number of allylic oxidation sites excluding steroid dienone is 17. The Morgan fingerprint density at radius 1 is 0.571 bits per heavy atom. The smallest absolute Gasteiger partial charge is 0.335 e. The summed E-state index contributed by atoms with van der Waals surface area (Å²) in [6.07, 6.45) is 37.5.